The minimum atomic E-state index is -0.494. The second-order valence-electron chi connectivity index (χ2n) is 3.51. The van der Waals surface area contributed by atoms with Crippen LogP contribution in [0.3, 0.4) is 0 Å². The highest BCUT2D eigenvalue weighted by atomic mass is 19.1. The van der Waals surface area contributed by atoms with E-state index in [9.17, 15) is 9.18 Å². The molecular formula is C13H11FN2O2. The van der Waals surface area contributed by atoms with Gasteiger partial charge < -0.3 is 10.1 Å². The Labute approximate surface area is 103 Å². The van der Waals surface area contributed by atoms with Gasteiger partial charge in [-0.3, -0.25) is 9.78 Å². The standard InChI is InChI=1S/C13H11FN2O2/c14-11-5-1-2-6-12(11)18-9-13(17)16-10-4-3-7-15-8-10/h1-8H,9H2,(H,16,17). The number of amides is 1. The Hall–Kier alpha value is -2.43. The first-order valence-corrected chi connectivity index (χ1v) is 5.33. The molecule has 2 rings (SSSR count). The van der Waals surface area contributed by atoms with Crippen LogP contribution in [-0.2, 0) is 4.79 Å². The number of rotatable bonds is 4. The van der Waals surface area contributed by atoms with E-state index in [1.807, 2.05) is 0 Å². The number of anilines is 1. The molecule has 92 valence electrons. The lowest BCUT2D eigenvalue weighted by Crippen LogP contribution is -2.20. The minimum Gasteiger partial charge on any atom is -0.481 e. The Bertz CT molecular complexity index is 532. The molecule has 5 heteroatoms. The maximum atomic E-state index is 13.2. The molecule has 1 aromatic heterocycles. The summed E-state index contributed by atoms with van der Waals surface area (Å²) in [6.45, 7) is -0.254. The molecule has 2 aromatic rings. The quantitative estimate of drug-likeness (QED) is 0.900. The summed E-state index contributed by atoms with van der Waals surface area (Å²) < 4.78 is 18.3. The highest BCUT2D eigenvalue weighted by Crippen LogP contribution is 2.15. The molecule has 1 N–H and O–H groups in total. The molecule has 0 saturated carbocycles. The normalized spacial score (nSPS) is 9.83. The second kappa shape index (κ2) is 5.77. The summed E-state index contributed by atoms with van der Waals surface area (Å²) in [4.78, 5) is 15.4. The summed E-state index contributed by atoms with van der Waals surface area (Å²) in [5.41, 5.74) is 0.569. The minimum absolute atomic E-state index is 0.0545. The highest BCUT2D eigenvalue weighted by molar-refractivity contribution is 5.91. The van der Waals surface area contributed by atoms with Gasteiger partial charge in [0.05, 0.1) is 11.9 Å². The SMILES string of the molecule is O=C(COc1ccccc1F)Nc1cccnc1. The van der Waals surface area contributed by atoms with E-state index in [1.165, 1.54) is 18.3 Å². The number of carbonyl (C=O) groups is 1. The average Bonchev–Trinajstić information content (AvgIpc) is 2.39. The zero-order valence-electron chi connectivity index (χ0n) is 9.47. The van der Waals surface area contributed by atoms with Crippen LogP contribution < -0.4 is 10.1 Å². The zero-order chi connectivity index (χ0) is 12.8. The molecule has 4 nitrogen and oxygen atoms in total. The van der Waals surface area contributed by atoms with Crippen molar-refractivity contribution < 1.29 is 13.9 Å². The molecule has 0 atom stereocenters. The number of hydrogen-bond acceptors (Lipinski definition) is 3. The molecule has 0 bridgehead atoms. The molecule has 0 fully saturated rings. The van der Waals surface area contributed by atoms with Crippen LogP contribution >= 0.6 is 0 Å². The van der Waals surface area contributed by atoms with Crippen LogP contribution in [0.2, 0.25) is 0 Å². The largest absolute Gasteiger partial charge is 0.481 e. The van der Waals surface area contributed by atoms with E-state index in [0.717, 1.165) is 0 Å². The number of hydrogen-bond donors (Lipinski definition) is 1. The van der Waals surface area contributed by atoms with E-state index in [2.05, 4.69) is 10.3 Å². The lowest BCUT2D eigenvalue weighted by atomic mass is 10.3. The number of pyridine rings is 1. The molecule has 1 heterocycles. The third-order valence-electron chi connectivity index (χ3n) is 2.14. The van der Waals surface area contributed by atoms with Gasteiger partial charge in [-0.05, 0) is 24.3 Å². The number of para-hydroxylation sites is 1. The third kappa shape index (κ3) is 3.28. The summed E-state index contributed by atoms with van der Waals surface area (Å²) in [6, 6.07) is 9.33. The van der Waals surface area contributed by atoms with Gasteiger partial charge in [0.25, 0.3) is 5.91 Å². The fourth-order valence-electron chi connectivity index (χ4n) is 1.34. The Balaban J connectivity index is 1.88. The number of nitrogens with one attached hydrogen (secondary N) is 1. The molecule has 1 amide bonds. The van der Waals surface area contributed by atoms with E-state index < -0.39 is 5.82 Å². The van der Waals surface area contributed by atoms with Crippen molar-refractivity contribution in [2.45, 2.75) is 0 Å². The lowest BCUT2D eigenvalue weighted by molar-refractivity contribution is -0.118. The van der Waals surface area contributed by atoms with Gasteiger partial charge in [0.15, 0.2) is 18.2 Å². The maximum absolute atomic E-state index is 13.2. The highest BCUT2D eigenvalue weighted by Gasteiger charge is 2.06. The number of carbonyl (C=O) groups excluding carboxylic acids is 1. The van der Waals surface area contributed by atoms with Gasteiger partial charge in [0.2, 0.25) is 0 Å². The summed E-state index contributed by atoms with van der Waals surface area (Å²) in [5, 5.41) is 2.58. The molecule has 1 aromatic carbocycles. The molecule has 0 aliphatic rings. The summed E-state index contributed by atoms with van der Waals surface area (Å²) >= 11 is 0. The second-order valence-corrected chi connectivity index (χ2v) is 3.51. The monoisotopic (exact) mass is 246 g/mol. The van der Waals surface area contributed by atoms with Crippen LogP contribution in [-0.4, -0.2) is 17.5 Å². The molecule has 0 aliphatic heterocycles. The van der Waals surface area contributed by atoms with E-state index >= 15 is 0 Å². The van der Waals surface area contributed by atoms with Gasteiger partial charge in [-0.25, -0.2) is 4.39 Å². The van der Waals surface area contributed by atoms with Gasteiger partial charge in [-0.15, -0.1) is 0 Å². The van der Waals surface area contributed by atoms with Crippen molar-refractivity contribution in [3.8, 4) is 5.75 Å². The molecule has 0 aliphatic carbocycles. The first-order valence-electron chi connectivity index (χ1n) is 5.33. The predicted octanol–water partition coefficient (Wildman–Crippen LogP) is 2.24. The van der Waals surface area contributed by atoms with Crippen molar-refractivity contribution in [1.82, 2.24) is 4.98 Å². The molecule has 18 heavy (non-hydrogen) atoms. The van der Waals surface area contributed by atoms with Gasteiger partial charge >= 0.3 is 0 Å². The Morgan fingerprint density at radius 3 is 2.83 bits per heavy atom. The maximum Gasteiger partial charge on any atom is 0.262 e. The van der Waals surface area contributed by atoms with Gasteiger partial charge in [0, 0.05) is 6.20 Å². The average molecular weight is 246 g/mol. The Morgan fingerprint density at radius 1 is 1.28 bits per heavy atom. The Kier molecular flexibility index (Phi) is 3.86. The van der Waals surface area contributed by atoms with E-state index in [1.54, 1.807) is 30.5 Å². The van der Waals surface area contributed by atoms with E-state index in [0.29, 0.717) is 5.69 Å². The smallest absolute Gasteiger partial charge is 0.262 e. The van der Waals surface area contributed by atoms with Gasteiger partial charge in [0.1, 0.15) is 0 Å². The first kappa shape index (κ1) is 12.0. The lowest BCUT2D eigenvalue weighted by Gasteiger charge is -2.07. The molecule has 0 saturated heterocycles. The number of ether oxygens (including phenoxy) is 1. The van der Waals surface area contributed by atoms with Crippen LogP contribution in [0.1, 0.15) is 0 Å². The molecule has 0 spiro atoms. The molecule has 0 radical (unpaired) electrons. The fourth-order valence-corrected chi connectivity index (χ4v) is 1.34. The fraction of sp³-hybridized carbons (Fsp3) is 0.0769. The van der Waals surface area contributed by atoms with Crippen molar-refractivity contribution in [2.75, 3.05) is 11.9 Å². The number of nitrogens with zero attached hydrogens (tertiary/aromatic N) is 1. The van der Waals surface area contributed by atoms with Crippen molar-refractivity contribution in [2.24, 2.45) is 0 Å². The topological polar surface area (TPSA) is 51.2 Å². The van der Waals surface area contributed by atoms with Crippen molar-refractivity contribution >= 4 is 11.6 Å². The molecule has 0 unspecified atom stereocenters. The van der Waals surface area contributed by atoms with Crippen LogP contribution in [0, 0.1) is 5.82 Å². The van der Waals surface area contributed by atoms with Crippen LogP contribution in [0.25, 0.3) is 0 Å². The van der Waals surface area contributed by atoms with Crippen LogP contribution in [0.4, 0.5) is 10.1 Å². The van der Waals surface area contributed by atoms with Crippen molar-refractivity contribution in [3.05, 3.63) is 54.6 Å². The third-order valence-corrected chi connectivity index (χ3v) is 2.14. The number of halogens is 1. The molecular weight excluding hydrogens is 235 g/mol. The number of benzene rings is 1. The zero-order valence-corrected chi connectivity index (χ0v) is 9.47. The first-order chi connectivity index (χ1) is 8.75. The van der Waals surface area contributed by atoms with Gasteiger partial charge in [-0.2, -0.15) is 0 Å². The van der Waals surface area contributed by atoms with Crippen molar-refractivity contribution in [1.29, 1.82) is 0 Å². The van der Waals surface area contributed by atoms with Crippen LogP contribution in [0.5, 0.6) is 5.75 Å². The van der Waals surface area contributed by atoms with Gasteiger partial charge in [-0.1, -0.05) is 12.1 Å². The number of aromatic nitrogens is 1. The van der Waals surface area contributed by atoms with Crippen molar-refractivity contribution in [3.63, 3.8) is 0 Å². The van der Waals surface area contributed by atoms with E-state index in [-0.39, 0.29) is 18.3 Å². The van der Waals surface area contributed by atoms with Crippen LogP contribution in [0.15, 0.2) is 48.8 Å². The Morgan fingerprint density at radius 2 is 2.11 bits per heavy atom. The summed E-state index contributed by atoms with van der Waals surface area (Å²) in [7, 11) is 0. The predicted molar refractivity (Wildman–Crippen MR) is 64.8 cm³/mol. The summed E-state index contributed by atoms with van der Waals surface area (Å²) in [5.74, 6) is -0.809. The summed E-state index contributed by atoms with van der Waals surface area (Å²) in [6.07, 6.45) is 3.12. The van der Waals surface area contributed by atoms with E-state index in [4.69, 9.17) is 4.74 Å².